The number of hydrogen-bond acceptors (Lipinski definition) is 6. The normalized spacial score (nSPS) is 12.6. The summed E-state index contributed by atoms with van der Waals surface area (Å²) in [4.78, 5) is 24.9. The van der Waals surface area contributed by atoms with Crippen LogP contribution in [0.15, 0.2) is 32.0 Å². The van der Waals surface area contributed by atoms with E-state index in [1.807, 2.05) is 49.8 Å². The lowest BCUT2D eigenvalue weighted by Gasteiger charge is -2.25. The smallest absolute Gasteiger partial charge is 0.298 e. The Labute approximate surface area is 224 Å². The van der Waals surface area contributed by atoms with Crippen molar-refractivity contribution in [2.45, 2.75) is 90.6 Å². The van der Waals surface area contributed by atoms with Crippen LogP contribution in [0.1, 0.15) is 54.4 Å². The van der Waals surface area contributed by atoms with Crippen LogP contribution in [0, 0.1) is 10.8 Å². The molecule has 0 atom stereocenters. The predicted molar refractivity (Wildman–Crippen MR) is 155 cm³/mol. The van der Waals surface area contributed by atoms with Crippen LogP contribution in [-0.4, -0.2) is 41.3 Å². The second-order valence-corrected chi connectivity index (χ2v) is 13.7. The summed E-state index contributed by atoms with van der Waals surface area (Å²) in [5.41, 5.74) is 0.162. The van der Waals surface area contributed by atoms with Gasteiger partial charge in [0.25, 0.3) is 0 Å². The number of hydrogen-bond donors (Lipinski definition) is 2. The highest BCUT2D eigenvalue weighted by molar-refractivity contribution is 8.02. The second kappa shape index (κ2) is 13.1. The van der Waals surface area contributed by atoms with E-state index in [-0.39, 0.29) is 22.2 Å². The van der Waals surface area contributed by atoms with Crippen molar-refractivity contribution in [2.24, 2.45) is 10.8 Å². The molecule has 2 heterocycles. The van der Waals surface area contributed by atoms with Gasteiger partial charge in [0.15, 0.2) is 0 Å². The van der Waals surface area contributed by atoms with Gasteiger partial charge in [-0.2, -0.15) is 23.5 Å². The SMILES string of the molecule is CCn1cc(S)n(CC(C)(C)CCSCCSCCC(C)(C)Cn2c(S)cn(CC)c2=O)c1=O. The first-order valence-electron chi connectivity index (χ1n) is 12.0. The van der Waals surface area contributed by atoms with Gasteiger partial charge in [0.05, 0.1) is 10.1 Å². The highest BCUT2D eigenvalue weighted by atomic mass is 32.2. The zero-order valence-corrected chi connectivity index (χ0v) is 25.0. The molecule has 0 saturated heterocycles. The molecule has 34 heavy (non-hydrogen) atoms. The van der Waals surface area contributed by atoms with Crippen molar-refractivity contribution < 1.29 is 0 Å². The maximum absolute atomic E-state index is 12.4. The number of aryl methyl sites for hydroxylation is 2. The summed E-state index contributed by atoms with van der Waals surface area (Å²) >= 11 is 12.9. The van der Waals surface area contributed by atoms with E-state index in [1.165, 1.54) is 0 Å². The maximum Gasteiger partial charge on any atom is 0.329 e. The van der Waals surface area contributed by atoms with E-state index in [4.69, 9.17) is 0 Å². The Morgan fingerprint density at radius 1 is 0.706 bits per heavy atom. The quantitative estimate of drug-likeness (QED) is 0.237. The predicted octanol–water partition coefficient (Wildman–Crippen LogP) is 5.23. The molecule has 0 amide bonds. The van der Waals surface area contributed by atoms with Crippen LogP contribution in [0.2, 0.25) is 0 Å². The van der Waals surface area contributed by atoms with Crippen molar-refractivity contribution in [1.29, 1.82) is 0 Å². The lowest BCUT2D eigenvalue weighted by Crippen LogP contribution is -2.30. The van der Waals surface area contributed by atoms with Crippen LogP contribution in [0.25, 0.3) is 0 Å². The fraction of sp³-hybridized carbons (Fsp3) is 0.750. The van der Waals surface area contributed by atoms with E-state index < -0.39 is 0 Å². The molecular formula is C24H42N4O2S4. The topological polar surface area (TPSA) is 53.9 Å². The molecule has 2 aromatic heterocycles. The molecule has 0 aliphatic carbocycles. The van der Waals surface area contributed by atoms with Crippen molar-refractivity contribution in [1.82, 2.24) is 18.3 Å². The van der Waals surface area contributed by atoms with E-state index in [0.29, 0.717) is 26.2 Å². The van der Waals surface area contributed by atoms with Gasteiger partial charge in [0.2, 0.25) is 0 Å². The van der Waals surface area contributed by atoms with Gasteiger partial charge in [0.1, 0.15) is 0 Å². The van der Waals surface area contributed by atoms with Gasteiger partial charge < -0.3 is 0 Å². The minimum atomic E-state index is 0.0333. The number of rotatable bonds is 15. The summed E-state index contributed by atoms with van der Waals surface area (Å²) in [5.74, 6) is 4.44. The van der Waals surface area contributed by atoms with Gasteiger partial charge >= 0.3 is 11.4 Å². The molecule has 0 spiro atoms. The zero-order chi connectivity index (χ0) is 25.5. The zero-order valence-electron chi connectivity index (χ0n) is 21.5. The molecule has 0 aliphatic rings. The van der Waals surface area contributed by atoms with Gasteiger partial charge in [-0.3, -0.25) is 18.3 Å². The van der Waals surface area contributed by atoms with E-state index in [0.717, 1.165) is 45.9 Å². The first kappa shape index (κ1) is 29.6. The number of imidazole rings is 2. The standard InChI is InChI=1S/C24H42N4O2S4/c1-7-25-15-19(31)27(21(25)29)17-23(3,4)9-11-33-13-14-34-12-10-24(5,6)18-28-20(32)16-26(8-2)22(28)30/h15-16,31-32H,7-14,17-18H2,1-6H3. The fourth-order valence-electron chi connectivity index (χ4n) is 3.82. The summed E-state index contributed by atoms with van der Waals surface area (Å²) in [6.45, 7) is 15.6. The highest BCUT2D eigenvalue weighted by Gasteiger charge is 2.23. The molecule has 2 aromatic rings. The van der Waals surface area contributed by atoms with E-state index in [1.54, 1.807) is 18.3 Å². The van der Waals surface area contributed by atoms with Crippen molar-refractivity contribution >= 4 is 48.8 Å². The third-order valence-corrected chi connectivity index (χ3v) is 9.06. The van der Waals surface area contributed by atoms with Crippen molar-refractivity contribution in [3.05, 3.63) is 33.4 Å². The summed E-state index contributed by atoms with van der Waals surface area (Å²) in [6, 6.07) is 0. The van der Waals surface area contributed by atoms with E-state index >= 15 is 0 Å². The number of thiol groups is 2. The molecule has 0 aliphatic heterocycles. The Bertz CT molecular complexity index is 951. The molecule has 10 heteroatoms. The van der Waals surface area contributed by atoms with Gasteiger partial charge in [-0.1, -0.05) is 27.7 Å². The maximum atomic E-state index is 12.4. The number of nitrogens with zero attached hydrogens (tertiary/aromatic N) is 4. The monoisotopic (exact) mass is 546 g/mol. The first-order valence-corrected chi connectivity index (χ1v) is 15.2. The number of thioether (sulfide) groups is 2. The van der Waals surface area contributed by atoms with Crippen LogP contribution < -0.4 is 11.4 Å². The second-order valence-electron chi connectivity index (χ2n) is 10.3. The molecule has 0 unspecified atom stereocenters. The Morgan fingerprint density at radius 3 is 1.35 bits per heavy atom. The van der Waals surface area contributed by atoms with Crippen molar-refractivity contribution in [2.75, 3.05) is 23.0 Å². The molecule has 0 aromatic carbocycles. The Morgan fingerprint density at radius 2 is 1.06 bits per heavy atom. The van der Waals surface area contributed by atoms with Gasteiger partial charge in [-0.05, 0) is 49.0 Å². The van der Waals surface area contributed by atoms with Crippen molar-refractivity contribution in [3.63, 3.8) is 0 Å². The van der Waals surface area contributed by atoms with Crippen LogP contribution in [-0.2, 0) is 26.2 Å². The third kappa shape index (κ3) is 8.52. The van der Waals surface area contributed by atoms with Gasteiger partial charge in [0, 0.05) is 50.1 Å². The molecule has 6 nitrogen and oxygen atoms in total. The average Bonchev–Trinajstić information content (AvgIpc) is 3.19. The lowest BCUT2D eigenvalue weighted by atomic mass is 9.90. The van der Waals surface area contributed by atoms with Gasteiger partial charge in [-0.15, -0.1) is 25.3 Å². The van der Waals surface area contributed by atoms with E-state index in [2.05, 4.69) is 53.0 Å². The average molecular weight is 547 g/mol. The molecule has 0 radical (unpaired) electrons. The minimum Gasteiger partial charge on any atom is -0.298 e. The molecule has 0 bridgehead atoms. The van der Waals surface area contributed by atoms with E-state index in [9.17, 15) is 9.59 Å². The number of aromatic nitrogens is 4. The minimum absolute atomic E-state index is 0.0333. The largest absolute Gasteiger partial charge is 0.329 e. The summed E-state index contributed by atoms with van der Waals surface area (Å²) < 4.78 is 7.00. The van der Waals surface area contributed by atoms with Crippen LogP contribution in [0.5, 0.6) is 0 Å². The molecule has 0 fully saturated rings. The third-order valence-electron chi connectivity index (χ3n) is 6.12. The Balaban J connectivity index is 1.66. The Hall–Kier alpha value is -0.580. The fourth-order valence-corrected chi connectivity index (χ4v) is 7.15. The van der Waals surface area contributed by atoms with Gasteiger partial charge in [-0.25, -0.2) is 9.59 Å². The molecule has 0 saturated carbocycles. The molecule has 2 rings (SSSR count). The van der Waals surface area contributed by atoms with Crippen LogP contribution >= 0.6 is 48.8 Å². The summed E-state index contributed by atoms with van der Waals surface area (Å²) in [5, 5.41) is 1.48. The lowest BCUT2D eigenvalue weighted by molar-refractivity contribution is 0.283. The summed E-state index contributed by atoms with van der Waals surface area (Å²) in [7, 11) is 0. The molecule has 194 valence electrons. The highest BCUT2D eigenvalue weighted by Crippen LogP contribution is 2.28. The van der Waals surface area contributed by atoms with Crippen LogP contribution in [0.4, 0.5) is 0 Å². The Kier molecular flexibility index (Phi) is 11.4. The molecule has 0 N–H and O–H groups in total. The van der Waals surface area contributed by atoms with Crippen LogP contribution in [0.3, 0.4) is 0 Å². The first-order chi connectivity index (χ1) is 15.9. The molecular weight excluding hydrogens is 505 g/mol. The summed E-state index contributed by atoms with van der Waals surface area (Å²) in [6.07, 6.45) is 5.77. The van der Waals surface area contributed by atoms with Crippen molar-refractivity contribution in [3.8, 4) is 0 Å².